The van der Waals surface area contributed by atoms with E-state index in [1.54, 1.807) is 0 Å². The Morgan fingerprint density at radius 2 is 1.82 bits per heavy atom. The summed E-state index contributed by atoms with van der Waals surface area (Å²) in [7, 11) is 0. The molecule has 6 heterocycles. The number of pyridine rings is 2. The van der Waals surface area contributed by atoms with E-state index < -0.39 is 0 Å². The first kappa shape index (κ1) is 22.1. The van der Waals surface area contributed by atoms with Gasteiger partial charge in [0.1, 0.15) is 12.4 Å². The lowest BCUT2D eigenvalue weighted by molar-refractivity contribution is 0.122. The number of hydrogen-bond donors (Lipinski definition) is 2. The molecule has 0 radical (unpaired) electrons. The van der Waals surface area contributed by atoms with E-state index in [1.807, 2.05) is 6.20 Å². The van der Waals surface area contributed by atoms with E-state index in [0.717, 1.165) is 73.9 Å². The molecule has 0 saturated carbocycles. The summed E-state index contributed by atoms with van der Waals surface area (Å²) >= 11 is 0. The van der Waals surface area contributed by atoms with E-state index in [4.69, 9.17) is 14.5 Å². The largest absolute Gasteiger partial charge is 0.485 e. The molecule has 6 rings (SSSR count). The number of aryl methyl sites for hydroxylation is 1. The van der Waals surface area contributed by atoms with Crippen molar-refractivity contribution in [1.29, 1.82) is 0 Å². The molecule has 0 unspecified atom stereocenters. The zero-order valence-corrected chi connectivity index (χ0v) is 20.2. The standard InChI is InChI=1S/C26H36N6O2/c1-18-25-23(16-22(29-18)19-5-10-31(11-6-19)20-2-7-27-8-3-20)30-26-21(17-34-25)24(4-9-28-26)32-12-14-33-15-13-32/h4,9,16,19-20,27H,2-3,5-8,10-15,17H2,1H3,(H,28,30). The Morgan fingerprint density at radius 3 is 2.62 bits per heavy atom. The van der Waals surface area contributed by atoms with Crippen LogP contribution in [0.25, 0.3) is 0 Å². The second-order valence-corrected chi connectivity index (χ2v) is 9.97. The minimum Gasteiger partial charge on any atom is -0.485 e. The molecule has 2 aromatic rings. The predicted octanol–water partition coefficient (Wildman–Crippen LogP) is 3.19. The molecule has 8 nitrogen and oxygen atoms in total. The zero-order chi connectivity index (χ0) is 22.9. The molecule has 2 aromatic heterocycles. The van der Waals surface area contributed by atoms with Crippen LogP contribution in [0.2, 0.25) is 0 Å². The Kier molecular flexibility index (Phi) is 6.28. The highest BCUT2D eigenvalue weighted by Gasteiger charge is 2.29. The van der Waals surface area contributed by atoms with Crippen molar-refractivity contribution < 1.29 is 9.47 Å². The summed E-state index contributed by atoms with van der Waals surface area (Å²) in [6.45, 7) is 10.5. The molecule has 0 atom stereocenters. The lowest BCUT2D eigenvalue weighted by atomic mass is 9.90. The van der Waals surface area contributed by atoms with E-state index in [2.05, 4.69) is 44.5 Å². The van der Waals surface area contributed by atoms with Gasteiger partial charge in [0, 0.05) is 42.6 Å². The highest BCUT2D eigenvalue weighted by Crippen LogP contribution is 2.40. The van der Waals surface area contributed by atoms with E-state index >= 15 is 0 Å². The Hall–Kier alpha value is -2.42. The average Bonchev–Trinajstić information content (AvgIpc) is 3.09. The molecule has 3 saturated heterocycles. The molecule has 8 heteroatoms. The van der Waals surface area contributed by atoms with Crippen molar-refractivity contribution in [1.82, 2.24) is 20.2 Å². The van der Waals surface area contributed by atoms with Crippen molar-refractivity contribution in [2.75, 3.05) is 62.7 Å². The minimum absolute atomic E-state index is 0.492. The summed E-state index contributed by atoms with van der Waals surface area (Å²) in [4.78, 5) is 14.8. The van der Waals surface area contributed by atoms with Gasteiger partial charge in [0.05, 0.1) is 30.2 Å². The summed E-state index contributed by atoms with van der Waals surface area (Å²) in [6.07, 6.45) is 6.80. The molecule has 2 N–H and O–H groups in total. The topological polar surface area (TPSA) is 74.8 Å². The van der Waals surface area contributed by atoms with Crippen LogP contribution in [0.4, 0.5) is 17.2 Å². The number of fused-ring (bicyclic) bond motifs is 2. The molecule has 34 heavy (non-hydrogen) atoms. The van der Waals surface area contributed by atoms with Crippen LogP contribution in [-0.4, -0.2) is 73.4 Å². The van der Waals surface area contributed by atoms with Gasteiger partial charge in [0.25, 0.3) is 0 Å². The molecule has 182 valence electrons. The van der Waals surface area contributed by atoms with Gasteiger partial charge < -0.3 is 29.9 Å². The summed E-state index contributed by atoms with van der Waals surface area (Å²) in [5.74, 6) is 2.24. The molecule has 0 amide bonds. The first-order valence-corrected chi connectivity index (χ1v) is 12.9. The Balaban J connectivity index is 1.21. The third-order valence-corrected chi connectivity index (χ3v) is 7.93. The molecule has 3 fully saturated rings. The van der Waals surface area contributed by atoms with Crippen LogP contribution < -0.4 is 20.3 Å². The first-order valence-electron chi connectivity index (χ1n) is 12.9. The average molecular weight is 465 g/mol. The van der Waals surface area contributed by atoms with Gasteiger partial charge in [0.15, 0.2) is 5.75 Å². The lowest BCUT2D eigenvalue weighted by Crippen LogP contribution is -2.46. The predicted molar refractivity (Wildman–Crippen MR) is 133 cm³/mol. The fraction of sp³-hybridized carbons (Fsp3) is 0.615. The zero-order valence-electron chi connectivity index (χ0n) is 20.2. The second kappa shape index (κ2) is 9.68. The maximum Gasteiger partial charge on any atom is 0.164 e. The van der Waals surface area contributed by atoms with Gasteiger partial charge in [-0.25, -0.2) is 4.98 Å². The number of rotatable bonds is 3. The Bertz CT molecular complexity index is 1010. The molecule has 0 aliphatic carbocycles. The highest BCUT2D eigenvalue weighted by molar-refractivity contribution is 5.73. The first-order chi connectivity index (χ1) is 16.8. The number of anilines is 3. The van der Waals surface area contributed by atoms with E-state index in [1.165, 1.54) is 50.2 Å². The van der Waals surface area contributed by atoms with Crippen LogP contribution in [0, 0.1) is 6.92 Å². The highest BCUT2D eigenvalue weighted by atomic mass is 16.5. The number of nitrogens with one attached hydrogen (secondary N) is 2. The molecule has 0 aromatic carbocycles. The number of hydrogen-bond acceptors (Lipinski definition) is 8. The lowest BCUT2D eigenvalue weighted by Gasteiger charge is -2.39. The van der Waals surface area contributed by atoms with E-state index in [-0.39, 0.29) is 0 Å². The van der Waals surface area contributed by atoms with Gasteiger partial charge in [0.2, 0.25) is 0 Å². The molecule has 0 spiro atoms. The van der Waals surface area contributed by atoms with Crippen molar-refractivity contribution in [2.24, 2.45) is 0 Å². The molecule has 4 aliphatic rings. The van der Waals surface area contributed by atoms with Gasteiger partial charge in [-0.1, -0.05) is 0 Å². The third kappa shape index (κ3) is 4.34. The maximum absolute atomic E-state index is 6.34. The van der Waals surface area contributed by atoms with Gasteiger partial charge >= 0.3 is 0 Å². The monoisotopic (exact) mass is 464 g/mol. The van der Waals surface area contributed by atoms with Crippen molar-refractivity contribution in [3.8, 4) is 5.75 Å². The van der Waals surface area contributed by atoms with Crippen LogP contribution in [0.15, 0.2) is 18.3 Å². The summed E-state index contributed by atoms with van der Waals surface area (Å²) < 4.78 is 11.9. The van der Waals surface area contributed by atoms with Gasteiger partial charge in [-0.2, -0.15) is 0 Å². The van der Waals surface area contributed by atoms with Crippen molar-refractivity contribution in [2.45, 2.75) is 51.2 Å². The third-order valence-electron chi connectivity index (χ3n) is 7.93. The number of piperidine rings is 2. The minimum atomic E-state index is 0.492. The number of nitrogens with zero attached hydrogens (tertiary/aromatic N) is 4. The van der Waals surface area contributed by atoms with Crippen molar-refractivity contribution in [3.05, 3.63) is 35.3 Å². The van der Waals surface area contributed by atoms with E-state index in [0.29, 0.717) is 12.5 Å². The molecule has 4 aliphatic heterocycles. The smallest absolute Gasteiger partial charge is 0.164 e. The van der Waals surface area contributed by atoms with Crippen molar-refractivity contribution >= 4 is 17.2 Å². The fourth-order valence-corrected chi connectivity index (χ4v) is 6.01. The van der Waals surface area contributed by atoms with Gasteiger partial charge in [-0.15, -0.1) is 0 Å². The number of likely N-dealkylation sites (tertiary alicyclic amines) is 1. The van der Waals surface area contributed by atoms with Gasteiger partial charge in [-0.3, -0.25) is 4.98 Å². The summed E-state index contributed by atoms with van der Waals surface area (Å²) in [6, 6.07) is 5.06. The summed E-state index contributed by atoms with van der Waals surface area (Å²) in [5.41, 5.74) is 5.43. The molecular weight excluding hydrogens is 428 g/mol. The number of ether oxygens (including phenoxy) is 2. The van der Waals surface area contributed by atoms with Crippen LogP contribution in [0.3, 0.4) is 0 Å². The summed E-state index contributed by atoms with van der Waals surface area (Å²) in [5, 5.41) is 7.10. The van der Waals surface area contributed by atoms with Crippen LogP contribution >= 0.6 is 0 Å². The van der Waals surface area contributed by atoms with Crippen LogP contribution in [-0.2, 0) is 11.3 Å². The number of aromatic nitrogens is 2. The number of morpholine rings is 1. The molecular formula is C26H36N6O2. The van der Waals surface area contributed by atoms with Crippen molar-refractivity contribution in [3.63, 3.8) is 0 Å². The van der Waals surface area contributed by atoms with Gasteiger partial charge in [-0.05, 0) is 70.9 Å². The SMILES string of the molecule is Cc1nc(C2CCN(C3CCNCC3)CC2)cc2c1OCc1c(N3CCOCC3)ccnc1N2. The Morgan fingerprint density at radius 1 is 1.03 bits per heavy atom. The Labute approximate surface area is 202 Å². The normalized spacial score (nSPS) is 22.3. The second-order valence-electron chi connectivity index (χ2n) is 9.97. The van der Waals surface area contributed by atoms with Crippen LogP contribution in [0.1, 0.15) is 48.6 Å². The maximum atomic E-state index is 6.34. The molecule has 0 bridgehead atoms. The fourth-order valence-electron chi connectivity index (χ4n) is 6.01. The quantitative estimate of drug-likeness (QED) is 0.718. The van der Waals surface area contributed by atoms with E-state index in [9.17, 15) is 0 Å². The van der Waals surface area contributed by atoms with Crippen LogP contribution in [0.5, 0.6) is 5.75 Å².